The zero-order valence-electron chi connectivity index (χ0n) is 18.6. The Morgan fingerprint density at radius 1 is 1.08 bits per heavy atom. The lowest BCUT2D eigenvalue weighted by atomic mass is 10.2. The summed E-state index contributed by atoms with van der Waals surface area (Å²) in [5, 5.41) is 3.45. The Hall–Kier alpha value is -3.11. The summed E-state index contributed by atoms with van der Waals surface area (Å²) >= 11 is 18.4. The van der Waals surface area contributed by atoms with Crippen LogP contribution in [0, 0.1) is 5.82 Å². The van der Waals surface area contributed by atoms with Gasteiger partial charge in [-0.3, -0.25) is 14.5 Å². The van der Waals surface area contributed by atoms with E-state index in [1.54, 1.807) is 42.5 Å². The van der Waals surface area contributed by atoms with E-state index >= 15 is 0 Å². The number of benzene rings is 3. The van der Waals surface area contributed by atoms with Crippen LogP contribution in [0.25, 0.3) is 6.08 Å². The van der Waals surface area contributed by atoms with Crippen molar-refractivity contribution in [1.29, 1.82) is 0 Å². The first-order valence-electron chi connectivity index (χ1n) is 10.3. The number of amides is 2. The van der Waals surface area contributed by atoms with Gasteiger partial charge in [0.1, 0.15) is 5.82 Å². The third kappa shape index (κ3) is 6.17. The number of nitrogens with one attached hydrogen (secondary N) is 1. The number of ether oxygens (including phenoxy) is 2. The van der Waals surface area contributed by atoms with Gasteiger partial charge in [0.15, 0.2) is 22.4 Å². The smallest absolute Gasteiger partial charge is 0.270 e. The minimum absolute atomic E-state index is 0.282. The Morgan fingerprint density at radius 2 is 1.78 bits per heavy atom. The van der Waals surface area contributed by atoms with Crippen molar-refractivity contribution in [2.24, 2.45) is 0 Å². The summed E-state index contributed by atoms with van der Waals surface area (Å²) in [4.78, 5) is 27.0. The number of methoxy groups -OCH3 is 1. The molecule has 0 saturated carbocycles. The number of halogens is 3. The maximum absolute atomic E-state index is 13.3. The van der Waals surface area contributed by atoms with Crippen LogP contribution in [-0.2, 0) is 9.59 Å². The fourth-order valence-corrected chi connectivity index (χ4v) is 5.12. The van der Waals surface area contributed by atoms with Crippen LogP contribution in [0.4, 0.5) is 15.8 Å². The summed E-state index contributed by atoms with van der Waals surface area (Å²) in [6.07, 6.45) is 1.67. The molecule has 3 aromatic carbocycles. The highest BCUT2D eigenvalue weighted by Gasteiger charge is 2.33. The highest BCUT2D eigenvalue weighted by atomic mass is 35.5. The van der Waals surface area contributed by atoms with Gasteiger partial charge in [-0.2, -0.15) is 0 Å². The van der Waals surface area contributed by atoms with Gasteiger partial charge in [0.05, 0.1) is 17.7 Å². The molecule has 3 aromatic rings. The fourth-order valence-electron chi connectivity index (χ4n) is 3.29. The molecule has 1 saturated heterocycles. The third-order valence-electron chi connectivity index (χ3n) is 4.87. The Bertz CT molecular complexity index is 1360. The second-order valence-electron chi connectivity index (χ2n) is 7.40. The van der Waals surface area contributed by atoms with Crippen LogP contribution in [0.15, 0.2) is 65.6 Å². The monoisotopic (exact) mass is 562 g/mol. The number of hydrogen-bond acceptors (Lipinski definition) is 6. The molecule has 1 fully saturated rings. The molecule has 4 rings (SSSR count). The van der Waals surface area contributed by atoms with E-state index in [9.17, 15) is 14.0 Å². The molecule has 1 aliphatic rings. The molecule has 1 heterocycles. The summed E-state index contributed by atoms with van der Waals surface area (Å²) in [5.74, 6) is -0.415. The van der Waals surface area contributed by atoms with Crippen molar-refractivity contribution in [1.82, 2.24) is 0 Å². The quantitative estimate of drug-likeness (QED) is 0.259. The van der Waals surface area contributed by atoms with E-state index in [4.69, 9.17) is 44.9 Å². The van der Waals surface area contributed by atoms with Crippen molar-refractivity contribution >= 4 is 80.8 Å². The van der Waals surface area contributed by atoms with Gasteiger partial charge in [-0.25, -0.2) is 4.39 Å². The number of carbonyl (C=O) groups is 2. The lowest BCUT2D eigenvalue weighted by Crippen LogP contribution is -2.27. The average Bonchev–Trinajstić information content (AvgIpc) is 3.10. The van der Waals surface area contributed by atoms with E-state index in [-0.39, 0.29) is 12.5 Å². The number of thiocarbonyl (C=S) groups is 1. The second kappa shape index (κ2) is 11.3. The molecule has 6 nitrogen and oxygen atoms in total. The lowest BCUT2D eigenvalue weighted by molar-refractivity contribution is -0.118. The van der Waals surface area contributed by atoms with Crippen LogP contribution < -0.4 is 19.7 Å². The summed E-state index contributed by atoms with van der Waals surface area (Å²) in [6.45, 7) is -0.282. The number of anilines is 2. The van der Waals surface area contributed by atoms with E-state index in [0.717, 1.165) is 11.8 Å². The van der Waals surface area contributed by atoms with E-state index in [1.807, 2.05) is 0 Å². The number of hydrogen-bond donors (Lipinski definition) is 1. The number of nitrogens with zero attached hydrogens (tertiary/aromatic N) is 1. The highest BCUT2D eigenvalue weighted by Crippen LogP contribution is 2.37. The van der Waals surface area contributed by atoms with Crippen molar-refractivity contribution < 1.29 is 23.5 Å². The summed E-state index contributed by atoms with van der Waals surface area (Å²) in [6, 6.07) is 15.3. The topological polar surface area (TPSA) is 67.9 Å². The SMILES string of the molecule is COc1cc(/C=C2\SC(=S)N(c3ccc(F)cc3)C2=O)ccc1OCC(=O)Nc1cc(Cl)cc(Cl)c1. The predicted octanol–water partition coefficient (Wildman–Crippen LogP) is 6.56. The summed E-state index contributed by atoms with van der Waals surface area (Å²) in [7, 11) is 1.47. The molecule has 2 amide bonds. The van der Waals surface area contributed by atoms with Crippen molar-refractivity contribution in [2.45, 2.75) is 0 Å². The van der Waals surface area contributed by atoms with Gasteiger partial charge in [-0.05, 0) is 66.2 Å². The average molecular weight is 563 g/mol. The minimum atomic E-state index is -0.413. The molecule has 0 spiro atoms. The van der Waals surface area contributed by atoms with Crippen LogP contribution in [0.1, 0.15) is 5.56 Å². The van der Waals surface area contributed by atoms with E-state index in [2.05, 4.69) is 5.32 Å². The first-order valence-corrected chi connectivity index (χ1v) is 12.3. The first kappa shape index (κ1) is 26.0. The van der Waals surface area contributed by atoms with Crippen LogP contribution in [0.2, 0.25) is 10.0 Å². The summed E-state index contributed by atoms with van der Waals surface area (Å²) < 4.78 is 24.6. The number of carbonyl (C=O) groups excluding carboxylic acids is 2. The first-order chi connectivity index (χ1) is 17.2. The normalized spacial score (nSPS) is 14.3. The minimum Gasteiger partial charge on any atom is -0.493 e. The molecule has 0 aromatic heterocycles. The van der Waals surface area contributed by atoms with Gasteiger partial charge in [0.2, 0.25) is 0 Å². The largest absolute Gasteiger partial charge is 0.493 e. The van der Waals surface area contributed by atoms with Crippen molar-refractivity contribution in [3.8, 4) is 11.5 Å². The number of thioether (sulfide) groups is 1. The van der Waals surface area contributed by atoms with Gasteiger partial charge in [0, 0.05) is 15.7 Å². The Morgan fingerprint density at radius 3 is 2.44 bits per heavy atom. The van der Waals surface area contributed by atoms with Crippen molar-refractivity contribution in [3.05, 3.63) is 87.0 Å². The van der Waals surface area contributed by atoms with Crippen molar-refractivity contribution in [2.75, 3.05) is 23.9 Å². The molecule has 0 aliphatic carbocycles. The number of rotatable bonds is 7. The summed E-state index contributed by atoms with van der Waals surface area (Å²) in [5.41, 5.74) is 1.60. The Kier molecular flexibility index (Phi) is 8.15. The van der Waals surface area contributed by atoms with Gasteiger partial charge >= 0.3 is 0 Å². The van der Waals surface area contributed by atoms with Crippen LogP contribution in [0.3, 0.4) is 0 Å². The lowest BCUT2D eigenvalue weighted by Gasteiger charge is -2.14. The van der Waals surface area contributed by atoms with Crippen LogP contribution in [0.5, 0.6) is 11.5 Å². The van der Waals surface area contributed by atoms with Gasteiger partial charge in [-0.1, -0.05) is 53.2 Å². The maximum Gasteiger partial charge on any atom is 0.270 e. The molecule has 0 atom stereocenters. The molecule has 0 radical (unpaired) electrons. The van der Waals surface area contributed by atoms with Crippen molar-refractivity contribution in [3.63, 3.8) is 0 Å². The molecule has 0 unspecified atom stereocenters. The van der Waals surface area contributed by atoms with E-state index in [0.29, 0.717) is 47.7 Å². The Labute approximate surface area is 226 Å². The fraction of sp³-hybridized carbons (Fsp3) is 0.0800. The molecular formula is C25H17Cl2FN2O4S2. The van der Waals surface area contributed by atoms with E-state index < -0.39 is 11.7 Å². The standard InChI is InChI=1S/C25H17Cl2FN2O4S2/c1-33-21-8-14(9-22-24(32)30(25(35)36-22)19-5-3-17(28)4-6-19)2-7-20(21)34-13-23(31)29-18-11-15(26)10-16(27)12-18/h2-12H,13H2,1H3,(H,29,31)/b22-9-. The zero-order chi connectivity index (χ0) is 25.8. The highest BCUT2D eigenvalue weighted by molar-refractivity contribution is 8.27. The van der Waals surface area contributed by atoms with E-state index in [1.165, 1.54) is 36.3 Å². The third-order valence-corrected chi connectivity index (χ3v) is 6.61. The predicted molar refractivity (Wildman–Crippen MR) is 146 cm³/mol. The van der Waals surface area contributed by atoms with Crippen LogP contribution >= 0.6 is 47.2 Å². The second-order valence-corrected chi connectivity index (χ2v) is 9.95. The van der Waals surface area contributed by atoms with Gasteiger partial charge in [-0.15, -0.1) is 0 Å². The maximum atomic E-state index is 13.3. The van der Waals surface area contributed by atoms with Crippen LogP contribution in [-0.4, -0.2) is 29.9 Å². The van der Waals surface area contributed by atoms with Gasteiger partial charge < -0.3 is 14.8 Å². The molecule has 184 valence electrons. The zero-order valence-corrected chi connectivity index (χ0v) is 21.7. The molecular weight excluding hydrogens is 546 g/mol. The molecule has 11 heteroatoms. The molecule has 1 N–H and O–H groups in total. The molecule has 0 bridgehead atoms. The van der Waals surface area contributed by atoms with Gasteiger partial charge in [0.25, 0.3) is 11.8 Å². The molecule has 36 heavy (non-hydrogen) atoms. The molecule has 1 aliphatic heterocycles. The Balaban J connectivity index is 1.45.